The first kappa shape index (κ1) is 11.4. The summed E-state index contributed by atoms with van der Waals surface area (Å²) < 4.78 is 1.53. The quantitative estimate of drug-likeness (QED) is 0.586. The molecular formula is C12H15ClN2O. The maximum absolute atomic E-state index is 12.0. The highest BCUT2D eigenvalue weighted by Crippen LogP contribution is 2.24. The van der Waals surface area contributed by atoms with Gasteiger partial charge in [0.2, 0.25) is 5.78 Å². The number of halogens is 1. The lowest BCUT2D eigenvalue weighted by Crippen LogP contribution is -2.06. The van der Waals surface area contributed by atoms with Gasteiger partial charge in [0.05, 0.1) is 11.2 Å². The van der Waals surface area contributed by atoms with E-state index in [9.17, 15) is 4.79 Å². The van der Waals surface area contributed by atoms with Crippen molar-refractivity contribution in [3.05, 3.63) is 28.6 Å². The minimum absolute atomic E-state index is 0.0260. The van der Waals surface area contributed by atoms with Crippen molar-refractivity contribution in [2.45, 2.75) is 32.1 Å². The second-order valence-corrected chi connectivity index (χ2v) is 4.60. The van der Waals surface area contributed by atoms with E-state index in [-0.39, 0.29) is 5.78 Å². The monoisotopic (exact) mass is 238 g/mol. The van der Waals surface area contributed by atoms with Gasteiger partial charge in [-0.3, -0.25) is 9.48 Å². The van der Waals surface area contributed by atoms with Crippen molar-refractivity contribution in [3.63, 3.8) is 0 Å². The van der Waals surface area contributed by atoms with Gasteiger partial charge in [-0.2, -0.15) is 5.10 Å². The maximum Gasteiger partial charge on any atom is 0.205 e. The van der Waals surface area contributed by atoms with Crippen LogP contribution in [-0.4, -0.2) is 15.6 Å². The lowest BCUT2D eigenvalue weighted by Gasteiger charge is -2.12. The smallest absolute Gasteiger partial charge is 0.205 e. The van der Waals surface area contributed by atoms with Gasteiger partial charge in [0, 0.05) is 7.05 Å². The molecule has 86 valence electrons. The van der Waals surface area contributed by atoms with E-state index in [0.29, 0.717) is 10.7 Å². The molecule has 0 aliphatic heterocycles. The number of nitrogens with zero attached hydrogens (tertiary/aromatic N) is 2. The summed E-state index contributed by atoms with van der Waals surface area (Å²) in [5.41, 5.74) is 1.73. The molecule has 1 heterocycles. The number of allylic oxidation sites excluding steroid dienone is 2. The van der Waals surface area contributed by atoms with Gasteiger partial charge in [0.1, 0.15) is 5.69 Å². The van der Waals surface area contributed by atoms with Gasteiger partial charge >= 0.3 is 0 Å². The zero-order chi connectivity index (χ0) is 11.5. The second-order valence-electron chi connectivity index (χ2n) is 4.19. The predicted molar refractivity (Wildman–Crippen MR) is 63.7 cm³/mol. The van der Waals surface area contributed by atoms with E-state index < -0.39 is 0 Å². The number of hydrogen-bond acceptors (Lipinski definition) is 2. The van der Waals surface area contributed by atoms with E-state index in [0.717, 1.165) is 12.8 Å². The molecule has 0 aromatic carbocycles. The number of ketones is 1. The van der Waals surface area contributed by atoms with Crippen LogP contribution in [0.25, 0.3) is 0 Å². The predicted octanol–water partition coefficient (Wildman–Crippen LogP) is 3.15. The van der Waals surface area contributed by atoms with Crippen LogP contribution in [0.5, 0.6) is 0 Å². The third-order valence-corrected chi connectivity index (χ3v) is 3.24. The number of aryl methyl sites for hydroxylation is 1. The summed E-state index contributed by atoms with van der Waals surface area (Å²) >= 11 is 5.92. The number of carbonyl (C=O) groups excluding carboxylic acids is 1. The zero-order valence-corrected chi connectivity index (χ0v) is 10.1. The Kier molecular flexibility index (Phi) is 3.44. The highest BCUT2D eigenvalue weighted by molar-refractivity contribution is 6.34. The van der Waals surface area contributed by atoms with Gasteiger partial charge in [-0.05, 0) is 31.8 Å². The van der Waals surface area contributed by atoms with Crippen LogP contribution in [0.4, 0.5) is 0 Å². The van der Waals surface area contributed by atoms with Crippen molar-refractivity contribution in [3.8, 4) is 0 Å². The summed E-state index contributed by atoms with van der Waals surface area (Å²) in [6.07, 6.45) is 8.99. The first-order valence-electron chi connectivity index (χ1n) is 5.60. The molecule has 0 amide bonds. The second kappa shape index (κ2) is 4.83. The molecule has 0 atom stereocenters. The summed E-state index contributed by atoms with van der Waals surface area (Å²) in [4.78, 5) is 12.0. The van der Waals surface area contributed by atoms with Gasteiger partial charge in [-0.1, -0.05) is 23.6 Å². The van der Waals surface area contributed by atoms with Crippen molar-refractivity contribution in [2.75, 3.05) is 0 Å². The molecule has 0 bridgehead atoms. The van der Waals surface area contributed by atoms with Gasteiger partial charge < -0.3 is 0 Å². The Labute approximate surface area is 100 Å². The molecule has 4 heteroatoms. The average molecular weight is 239 g/mol. The van der Waals surface area contributed by atoms with E-state index in [1.54, 1.807) is 13.1 Å². The molecule has 0 spiro atoms. The van der Waals surface area contributed by atoms with Gasteiger partial charge in [0.15, 0.2) is 0 Å². The molecule has 16 heavy (non-hydrogen) atoms. The summed E-state index contributed by atoms with van der Waals surface area (Å²) in [6, 6.07) is 0. The summed E-state index contributed by atoms with van der Waals surface area (Å²) in [7, 11) is 1.73. The van der Waals surface area contributed by atoms with E-state index in [1.807, 2.05) is 0 Å². The maximum atomic E-state index is 12.0. The van der Waals surface area contributed by atoms with Gasteiger partial charge in [-0.25, -0.2) is 0 Å². The van der Waals surface area contributed by atoms with E-state index in [4.69, 9.17) is 11.6 Å². The Balaban J connectivity index is 2.19. The summed E-state index contributed by atoms with van der Waals surface area (Å²) in [5, 5.41) is 4.40. The van der Waals surface area contributed by atoms with Crippen LogP contribution in [-0.2, 0) is 7.05 Å². The molecule has 3 nitrogen and oxygen atoms in total. The van der Waals surface area contributed by atoms with Crippen LogP contribution in [0.2, 0.25) is 5.02 Å². The highest BCUT2D eigenvalue weighted by atomic mass is 35.5. The Morgan fingerprint density at radius 3 is 2.69 bits per heavy atom. The molecule has 1 aromatic rings. The Hall–Kier alpha value is -1.09. The van der Waals surface area contributed by atoms with Crippen molar-refractivity contribution in [1.82, 2.24) is 9.78 Å². The van der Waals surface area contributed by atoms with Crippen LogP contribution in [0.3, 0.4) is 0 Å². The van der Waals surface area contributed by atoms with Crippen LogP contribution in [0, 0.1) is 0 Å². The number of carbonyl (C=O) groups is 1. The largest absolute Gasteiger partial charge is 0.287 e. The Morgan fingerprint density at radius 2 is 2.12 bits per heavy atom. The zero-order valence-electron chi connectivity index (χ0n) is 9.37. The van der Waals surface area contributed by atoms with Crippen LogP contribution in [0.15, 0.2) is 17.8 Å². The molecule has 1 aliphatic rings. The molecule has 1 fully saturated rings. The van der Waals surface area contributed by atoms with E-state index >= 15 is 0 Å². The first-order valence-corrected chi connectivity index (χ1v) is 5.97. The Bertz CT molecular complexity index is 407. The van der Waals surface area contributed by atoms with Crippen molar-refractivity contribution >= 4 is 17.4 Å². The standard InChI is InChI=1S/C12H15ClN2O/c1-15-12(10(13)8-14-15)11(16)7-9-5-3-2-4-6-9/h7-8H,2-6H2,1H3. The molecule has 0 unspecified atom stereocenters. The third kappa shape index (κ3) is 2.35. The average Bonchev–Trinajstić information content (AvgIpc) is 2.60. The fraction of sp³-hybridized carbons (Fsp3) is 0.500. The van der Waals surface area contributed by atoms with Crippen molar-refractivity contribution in [2.24, 2.45) is 7.05 Å². The molecule has 0 radical (unpaired) electrons. The van der Waals surface area contributed by atoms with E-state index in [1.165, 1.54) is 35.7 Å². The number of hydrogen-bond donors (Lipinski definition) is 0. The molecule has 1 saturated carbocycles. The minimum Gasteiger partial charge on any atom is -0.287 e. The third-order valence-electron chi connectivity index (χ3n) is 2.96. The van der Waals surface area contributed by atoms with E-state index in [2.05, 4.69) is 5.10 Å². The van der Waals surface area contributed by atoms with Crippen molar-refractivity contribution in [1.29, 1.82) is 0 Å². The SMILES string of the molecule is Cn1ncc(Cl)c1C(=O)C=C1CCCCC1. The summed E-state index contributed by atoms with van der Waals surface area (Å²) in [6.45, 7) is 0. The van der Waals surface area contributed by atoms with Crippen LogP contribution in [0.1, 0.15) is 42.6 Å². The fourth-order valence-electron chi connectivity index (χ4n) is 2.09. The van der Waals surface area contributed by atoms with Crippen LogP contribution >= 0.6 is 11.6 Å². The van der Waals surface area contributed by atoms with Crippen LogP contribution < -0.4 is 0 Å². The lowest BCUT2D eigenvalue weighted by atomic mass is 9.94. The number of rotatable bonds is 2. The summed E-state index contributed by atoms with van der Waals surface area (Å²) in [5.74, 6) is -0.0260. The fourth-order valence-corrected chi connectivity index (χ4v) is 2.35. The van der Waals surface area contributed by atoms with Crippen molar-refractivity contribution < 1.29 is 4.79 Å². The lowest BCUT2D eigenvalue weighted by molar-refractivity contribution is 0.103. The Morgan fingerprint density at radius 1 is 1.44 bits per heavy atom. The normalized spacial score (nSPS) is 16.2. The molecule has 1 aliphatic carbocycles. The topological polar surface area (TPSA) is 34.9 Å². The molecule has 2 rings (SSSR count). The number of aromatic nitrogens is 2. The first-order chi connectivity index (χ1) is 7.68. The molecule has 0 N–H and O–H groups in total. The molecule has 1 aromatic heterocycles. The van der Waals surface area contributed by atoms with Gasteiger partial charge in [-0.15, -0.1) is 0 Å². The molecule has 0 saturated heterocycles. The molecular weight excluding hydrogens is 224 g/mol. The highest BCUT2D eigenvalue weighted by Gasteiger charge is 2.15. The minimum atomic E-state index is -0.0260. The van der Waals surface area contributed by atoms with Gasteiger partial charge in [0.25, 0.3) is 0 Å².